The van der Waals surface area contributed by atoms with Crippen LogP contribution in [0.5, 0.6) is 0 Å². The Labute approximate surface area is 164 Å². The standard InChI is InChI=1S/C21H24ClN3O2/c1-16-7-8-18(22)13-19(16)23-20(26)14-21(27)25-11-9-24(10-12-25)15-17-5-3-2-4-6-17/h2-8,13H,9-12,14-15H2,1H3,(H,23,26). The van der Waals surface area contributed by atoms with Gasteiger partial charge in [-0.3, -0.25) is 14.5 Å². The number of hydrogen-bond acceptors (Lipinski definition) is 3. The van der Waals surface area contributed by atoms with E-state index in [0.717, 1.165) is 25.2 Å². The fourth-order valence-corrected chi connectivity index (χ4v) is 3.34. The molecule has 0 radical (unpaired) electrons. The molecule has 3 rings (SSSR count). The first-order valence-corrected chi connectivity index (χ1v) is 9.49. The smallest absolute Gasteiger partial charge is 0.233 e. The van der Waals surface area contributed by atoms with E-state index in [4.69, 9.17) is 11.6 Å². The molecule has 142 valence electrons. The molecule has 1 saturated heterocycles. The van der Waals surface area contributed by atoms with Gasteiger partial charge in [-0.2, -0.15) is 0 Å². The number of nitrogens with zero attached hydrogens (tertiary/aromatic N) is 2. The monoisotopic (exact) mass is 385 g/mol. The second-order valence-corrected chi connectivity index (χ2v) is 7.26. The molecule has 0 bridgehead atoms. The largest absolute Gasteiger partial charge is 0.340 e. The number of hydrogen-bond donors (Lipinski definition) is 1. The SMILES string of the molecule is Cc1ccc(Cl)cc1NC(=O)CC(=O)N1CCN(Cc2ccccc2)CC1. The molecular formula is C21H24ClN3O2. The summed E-state index contributed by atoms with van der Waals surface area (Å²) in [4.78, 5) is 28.8. The topological polar surface area (TPSA) is 52.7 Å². The van der Waals surface area contributed by atoms with Crippen LogP contribution in [0.15, 0.2) is 48.5 Å². The third kappa shape index (κ3) is 5.55. The average Bonchev–Trinajstić information content (AvgIpc) is 2.66. The Morgan fingerprint density at radius 1 is 1.04 bits per heavy atom. The molecule has 0 unspecified atom stereocenters. The molecule has 5 nitrogen and oxygen atoms in total. The van der Waals surface area contributed by atoms with Gasteiger partial charge < -0.3 is 10.2 Å². The van der Waals surface area contributed by atoms with Gasteiger partial charge in [0.1, 0.15) is 6.42 Å². The summed E-state index contributed by atoms with van der Waals surface area (Å²) in [6, 6.07) is 15.6. The highest BCUT2D eigenvalue weighted by Crippen LogP contribution is 2.20. The molecule has 27 heavy (non-hydrogen) atoms. The van der Waals surface area contributed by atoms with Crippen LogP contribution in [0.2, 0.25) is 5.02 Å². The Bertz CT molecular complexity index is 802. The summed E-state index contributed by atoms with van der Waals surface area (Å²) in [6.45, 7) is 5.70. The van der Waals surface area contributed by atoms with Crippen LogP contribution in [0.3, 0.4) is 0 Å². The van der Waals surface area contributed by atoms with E-state index in [-0.39, 0.29) is 18.2 Å². The van der Waals surface area contributed by atoms with E-state index in [2.05, 4.69) is 22.3 Å². The number of benzene rings is 2. The van der Waals surface area contributed by atoms with Gasteiger partial charge in [-0.25, -0.2) is 0 Å². The number of carbonyl (C=O) groups excluding carboxylic acids is 2. The quantitative estimate of drug-likeness (QED) is 0.803. The Hall–Kier alpha value is -2.37. The zero-order valence-corrected chi connectivity index (χ0v) is 16.2. The Balaban J connectivity index is 1.46. The molecule has 0 atom stereocenters. The maximum absolute atomic E-state index is 12.4. The van der Waals surface area contributed by atoms with E-state index in [0.29, 0.717) is 23.8 Å². The molecule has 0 aromatic heterocycles. The van der Waals surface area contributed by atoms with Crippen LogP contribution in [0, 0.1) is 6.92 Å². The first-order chi connectivity index (χ1) is 13.0. The summed E-state index contributed by atoms with van der Waals surface area (Å²) in [5, 5.41) is 3.33. The summed E-state index contributed by atoms with van der Waals surface area (Å²) in [7, 11) is 0. The third-order valence-corrected chi connectivity index (χ3v) is 4.99. The van der Waals surface area contributed by atoms with E-state index >= 15 is 0 Å². The zero-order chi connectivity index (χ0) is 19.2. The second kappa shape index (κ2) is 9.02. The number of carbonyl (C=O) groups is 2. The zero-order valence-electron chi connectivity index (χ0n) is 15.5. The Kier molecular flexibility index (Phi) is 6.48. The van der Waals surface area contributed by atoms with Crippen LogP contribution in [0.4, 0.5) is 5.69 Å². The van der Waals surface area contributed by atoms with Gasteiger partial charge in [-0.15, -0.1) is 0 Å². The summed E-state index contributed by atoms with van der Waals surface area (Å²) < 4.78 is 0. The van der Waals surface area contributed by atoms with Crippen molar-refractivity contribution < 1.29 is 9.59 Å². The van der Waals surface area contributed by atoms with Crippen LogP contribution >= 0.6 is 11.6 Å². The highest BCUT2D eigenvalue weighted by molar-refractivity contribution is 6.31. The number of nitrogens with one attached hydrogen (secondary N) is 1. The van der Waals surface area contributed by atoms with Crippen LogP contribution in [-0.4, -0.2) is 47.8 Å². The fourth-order valence-electron chi connectivity index (χ4n) is 3.17. The van der Waals surface area contributed by atoms with E-state index in [1.54, 1.807) is 17.0 Å². The number of aryl methyl sites for hydroxylation is 1. The van der Waals surface area contributed by atoms with Crippen molar-refractivity contribution in [2.45, 2.75) is 19.9 Å². The first kappa shape index (κ1) is 19.4. The number of halogens is 1. The van der Waals surface area contributed by atoms with Gasteiger partial charge in [-0.1, -0.05) is 48.0 Å². The minimum Gasteiger partial charge on any atom is -0.340 e. The maximum atomic E-state index is 12.4. The van der Waals surface area contributed by atoms with E-state index in [9.17, 15) is 9.59 Å². The highest BCUT2D eigenvalue weighted by Gasteiger charge is 2.23. The molecule has 1 aliphatic heterocycles. The summed E-state index contributed by atoms with van der Waals surface area (Å²) in [6.07, 6.45) is -0.148. The van der Waals surface area contributed by atoms with Crippen LogP contribution in [0.25, 0.3) is 0 Å². The summed E-state index contributed by atoms with van der Waals surface area (Å²) in [5.74, 6) is -0.441. The lowest BCUT2D eigenvalue weighted by molar-refractivity contribution is -0.136. The summed E-state index contributed by atoms with van der Waals surface area (Å²) >= 11 is 5.97. The predicted octanol–water partition coefficient (Wildman–Crippen LogP) is 3.32. The van der Waals surface area contributed by atoms with Crippen molar-refractivity contribution in [1.82, 2.24) is 9.80 Å². The third-order valence-electron chi connectivity index (χ3n) is 4.76. The maximum Gasteiger partial charge on any atom is 0.233 e. The van der Waals surface area contributed by atoms with Crippen molar-refractivity contribution in [3.8, 4) is 0 Å². The van der Waals surface area contributed by atoms with Gasteiger partial charge in [-0.05, 0) is 30.2 Å². The van der Waals surface area contributed by atoms with Gasteiger partial charge in [0.05, 0.1) is 0 Å². The normalized spacial score (nSPS) is 14.8. The molecule has 0 saturated carbocycles. The molecule has 0 spiro atoms. The van der Waals surface area contributed by atoms with Gasteiger partial charge in [0.15, 0.2) is 0 Å². The van der Waals surface area contributed by atoms with Crippen molar-refractivity contribution in [1.29, 1.82) is 0 Å². The molecule has 2 aromatic rings. The highest BCUT2D eigenvalue weighted by atomic mass is 35.5. The second-order valence-electron chi connectivity index (χ2n) is 6.83. The lowest BCUT2D eigenvalue weighted by Crippen LogP contribution is -2.48. The van der Waals surface area contributed by atoms with Gasteiger partial charge in [0.25, 0.3) is 0 Å². The van der Waals surface area contributed by atoms with Gasteiger partial charge >= 0.3 is 0 Å². The van der Waals surface area contributed by atoms with E-state index < -0.39 is 0 Å². The molecule has 1 heterocycles. The van der Waals surface area contributed by atoms with E-state index in [1.165, 1.54) is 5.56 Å². The Morgan fingerprint density at radius 2 is 1.74 bits per heavy atom. The van der Waals surface area contributed by atoms with Crippen molar-refractivity contribution in [2.24, 2.45) is 0 Å². The molecular weight excluding hydrogens is 362 g/mol. The van der Waals surface area contributed by atoms with Crippen molar-refractivity contribution in [3.05, 3.63) is 64.7 Å². The van der Waals surface area contributed by atoms with Crippen LogP contribution < -0.4 is 5.32 Å². The fraction of sp³-hybridized carbons (Fsp3) is 0.333. The lowest BCUT2D eigenvalue weighted by atomic mass is 10.2. The predicted molar refractivity (Wildman–Crippen MR) is 108 cm³/mol. The average molecular weight is 386 g/mol. The lowest BCUT2D eigenvalue weighted by Gasteiger charge is -2.34. The molecule has 6 heteroatoms. The first-order valence-electron chi connectivity index (χ1n) is 9.11. The van der Waals surface area contributed by atoms with Crippen molar-refractivity contribution >= 4 is 29.1 Å². The minimum atomic E-state index is -0.308. The molecule has 1 aliphatic rings. The van der Waals surface area contributed by atoms with Crippen LogP contribution in [-0.2, 0) is 16.1 Å². The molecule has 1 fully saturated rings. The van der Waals surface area contributed by atoms with Crippen molar-refractivity contribution in [3.63, 3.8) is 0 Å². The summed E-state index contributed by atoms with van der Waals surface area (Å²) in [5.41, 5.74) is 2.83. The van der Waals surface area contributed by atoms with Crippen molar-refractivity contribution in [2.75, 3.05) is 31.5 Å². The number of amides is 2. The number of anilines is 1. The molecule has 2 amide bonds. The van der Waals surface area contributed by atoms with Gasteiger partial charge in [0.2, 0.25) is 11.8 Å². The minimum absolute atomic E-state index is 0.133. The van der Waals surface area contributed by atoms with Crippen LogP contribution in [0.1, 0.15) is 17.5 Å². The molecule has 2 aromatic carbocycles. The number of rotatable bonds is 5. The molecule has 1 N–H and O–H groups in total. The number of piperazine rings is 1. The Morgan fingerprint density at radius 3 is 2.44 bits per heavy atom. The molecule has 0 aliphatic carbocycles. The van der Waals surface area contributed by atoms with E-state index in [1.807, 2.05) is 31.2 Å². The van der Waals surface area contributed by atoms with Gasteiger partial charge in [0, 0.05) is 43.4 Å².